The van der Waals surface area contributed by atoms with Gasteiger partial charge >= 0.3 is 5.97 Å². The number of likely N-dealkylation sites (tertiary alicyclic amines) is 1. The van der Waals surface area contributed by atoms with Crippen molar-refractivity contribution in [2.24, 2.45) is 5.92 Å². The lowest BCUT2D eigenvalue weighted by Gasteiger charge is -2.33. The van der Waals surface area contributed by atoms with Gasteiger partial charge in [-0.15, -0.1) is 12.4 Å². The third-order valence-electron chi connectivity index (χ3n) is 6.73. The predicted molar refractivity (Wildman–Crippen MR) is 112 cm³/mol. The summed E-state index contributed by atoms with van der Waals surface area (Å²) < 4.78 is 32.3. The summed E-state index contributed by atoms with van der Waals surface area (Å²) in [7, 11) is 2.05. The summed E-state index contributed by atoms with van der Waals surface area (Å²) in [6, 6.07) is 1.22. The molecule has 3 heterocycles. The standard InChI is InChI=1S/C21H23F2N3O3.ClH/c1-24-6-2-3-11-8-25(10-16(11)24)19-15(22)7-13-18(17(19)23)26(12-4-5-12)9-14(20(13)27)21(28)29;/h7,9,11-12,16H,2-6,8,10H2,1H3,(H,28,29);1H. The quantitative estimate of drug-likeness (QED) is 0.795. The summed E-state index contributed by atoms with van der Waals surface area (Å²) in [6.07, 6.45) is 4.89. The van der Waals surface area contributed by atoms with Crippen molar-refractivity contribution in [2.45, 2.75) is 37.8 Å². The molecule has 1 aromatic heterocycles. The minimum Gasteiger partial charge on any atom is -0.477 e. The topological polar surface area (TPSA) is 65.8 Å². The first-order chi connectivity index (χ1) is 13.9. The number of carboxylic acids is 1. The molecular formula is C21H24ClF2N3O3. The minimum atomic E-state index is -1.39. The first-order valence-electron chi connectivity index (χ1n) is 10.1. The molecule has 0 spiro atoms. The lowest BCUT2D eigenvalue weighted by Crippen LogP contribution is -2.42. The van der Waals surface area contributed by atoms with E-state index in [0.29, 0.717) is 19.0 Å². The van der Waals surface area contributed by atoms with Gasteiger partial charge in [-0.25, -0.2) is 13.6 Å². The van der Waals surface area contributed by atoms with Gasteiger partial charge in [-0.3, -0.25) is 4.79 Å². The minimum absolute atomic E-state index is 0. The molecule has 1 saturated carbocycles. The van der Waals surface area contributed by atoms with Gasteiger partial charge in [0.1, 0.15) is 17.1 Å². The average molecular weight is 440 g/mol. The molecule has 1 N–H and O–H groups in total. The number of rotatable bonds is 3. The summed E-state index contributed by atoms with van der Waals surface area (Å²) in [5.74, 6) is -2.59. The van der Waals surface area contributed by atoms with Crippen LogP contribution in [0.25, 0.3) is 10.9 Å². The predicted octanol–water partition coefficient (Wildman–Crippen LogP) is 3.27. The van der Waals surface area contributed by atoms with E-state index in [4.69, 9.17) is 0 Å². The fourth-order valence-electron chi connectivity index (χ4n) is 5.10. The lowest BCUT2D eigenvalue weighted by molar-refractivity contribution is 0.0695. The Morgan fingerprint density at radius 1 is 1.20 bits per heavy atom. The van der Waals surface area contributed by atoms with Crippen molar-refractivity contribution in [3.05, 3.63) is 39.7 Å². The van der Waals surface area contributed by atoms with E-state index < -0.39 is 28.6 Å². The Kier molecular flexibility index (Phi) is 5.26. The van der Waals surface area contributed by atoms with E-state index in [1.165, 1.54) is 10.8 Å². The van der Waals surface area contributed by atoms with Crippen LogP contribution in [-0.4, -0.2) is 53.3 Å². The van der Waals surface area contributed by atoms with Crippen LogP contribution in [0, 0.1) is 17.6 Å². The highest BCUT2D eigenvalue weighted by Gasteiger charge is 2.40. The van der Waals surface area contributed by atoms with Crippen molar-refractivity contribution in [3.8, 4) is 0 Å². The molecule has 0 radical (unpaired) electrons. The molecular weight excluding hydrogens is 416 g/mol. The Balaban J connectivity index is 0.00000218. The number of benzene rings is 1. The normalized spacial score (nSPS) is 24.0. The molecule has 3 fully saturated rings. The second kappa shape index (κ2) is 7.50. The van der Waals surface area contributed by atoms with Gasteiger partial charge < -0.3 is 19.5 Å². The van der Waals surface area contributed by atoms with Crippen LogP contribution in [0.1, 0.15) is 42.1 Å². The molecule has 2 aromatic rings. The van der Waals surface area contributed by atoms with E-state index in [-0.39, 0.29) is 41.1 Å². The van der Waals surface area contributed by atoms with Gasteiger partial charge in [0, 0.05) is 31.4 Å². The molecule has 6 nitrogen and oxygen atoms in total. The summed E-state index contributed by atoms with van der Waals surface area (Å²) in [5, 5.41) is 9.14. The Labute approximate surface area is 178 Å². The van der Waals surface area contributed by atoms with Gasteiger partial charge in [0.2, 0.25) is 5.43 Å². The Hall–Kier alpha value is -2.19. The first-order valence-corrected chi connectivity index (χ1v) is 10.1. The fourth-order valence-corrected chi connectivity index (χ4v) is 5.10. The van der Waals surface area contributed by atoms with E-state index in [1.54, 1.807) is 4.90 Å². The maximum atomic E-state index is 15.7. The zero-order valence-electron chi connectivity index (χ0n) is 16.6. The van der Waals surface area contributed by atoms with E-state index in [1.807, 2.05) is 7.05 Å². The number of aromatic nitrogens is 1. The van der Waals surface area contributed by atoms with Crippen LogP contribution in [-0.2, 0) is 0 Å². The molecule has 1 aliphatic carbocycles. The number of pyridine rings is 1. The maximum Gasteiger partial charge on any atom is 0.341 e. The number of likely N-dealkylation sites (N-methyl/N-ethyl adjacent to an activating group) is 1. The Morgan fingerprint density at radius 2 is 1.93 bits per heavy atom. The largest absolute Gasteiger partial charge is 0.477 e. The molecule has 2 aliphatic heterocycles. The van der Waals surface area contributed by atoms with Crippen LogP contribution >= 0.6 is 12.4 Å². The fraction of sp³-hybridized carbons (Fsp3) is 0.524. The highest BCUT2D eigenvalue weighted by atomic mass is 35.5. The second-order valence-electron chi connectivity index (χ2n) is 8.59. The number of nitrogens with zero attached hydrogens (tertiary/aromatic N) is 3. The van der Waals surface area contributed by atoms with Crippen molar-refractivity contribution >= 4 is 35.0 Å². The SMILES string of the molecule is CN1CCCC2CN(c3c(F)cc4c(=O)c(C(=O)O)cn(C5CC5)c4c3F)CC21.Cl. The number of anilines is 1. The molecule has 30 heavy (non-hydrogen) atoms. The van der Waals surface area contributed by atoms with Crippen LogP contribution in [0.3, 0.4) is 0 Å². The lowest BCUT2D eigenvalue weighted by atomic mass is 9.93. The van der Waals surface area contributed by atoms with Gasteiger partial charge in [0.25, 0.3) is 0 Å². The number of hydrogen-bond acceptors (Lipinski definition) is 4. The Morgan fingerprint density at radius 3 is 2.57 bits per heavy atom. The maximum absolute atomic E-state index is 15.7. The molecule has 0 bridgehead atoms. The number of aromatic carboxylic acids is 1. The molecule has 162 valence electrons. The van der Waals surface area contributed by atoms with Crippen molar-refractivity contribution < 1.29 is 18.7 Å². The van der Waals surface area contributed by atoms with Gasteiger partial charge in [-0.2, -0.15) is 0 Å². The third-order valence-corrected chi connectivity index (χ3v) is 6.73. The summed E-state index contributed by atoms with van der Waals surface area (Å²) >= 11 is 0. The van der Waals surface area contributed by atoms with Crippen LogP contribution in [0.4, 0.5) is 14.5 Å². The van der Waals surface area contributed by atoms with Crippen LogP contribution in [0.5, 0.6) is 0 Å². The Bertz CT molecular complexity index is 1090. The molecule has 2 saturated heterocycles. The third kappa shape index (κ3) is 3.17. The number of hydrogen-bond donors (Lipinski definition) is 1. The zero-order chi connectivity index (χ0) is 20.4. The van der Waals surface area contributed by atoms with E-state index in [0.717, 1.165) is 38.3 Å². The van der Waals surface area contributed by atoms with Crippen LogP contribution < -0.4 is 10.3 Å². The summed E-state index contributed by atoms with van der Waals surface area (Å²) in [6.45, 7) is 2.10. The molecule has 5 rings (SSSR count). The van der Waals surface area contributed by atoms with Crippen molar-refractivity contribution in [3.63, 3.8) is 0 Å². The number of fused-ring (bicyclic) bond motifs is 2. The van der Waals surface area contributed by atoms with Gasteiger partial charge in [-0.05, 0) is 51.3 Å². The summed E-state index contributed by atoms with van der Waals surface area (Å²) in [4.78, 5) is 28.1. The average Bonchev–Trinajstić information content (AvgIpc) is 3.42. The molecule has 3 aliphatic rings. The van der Waals surface area contributed by atoms with E-state index in [2.05, 4.69) is 4.90 Å². The molecule has 1 aromatic carbocycles. The van der Waals surface area contributed by atoms with E-state index >= 15 is 8.78 Å². The second-order valence-corrected chi connectivity index (χ2v) is 8.59. The van der Waals surface area contributed by atoms with Gasteiger partial charge in [0.15, 0.2) is 5.82 Å². The highest BCUT2D eigenvalue weighted by Crippen LogP contribution is 2.41. The monoisotopic (exact) mass is 439 g/mol. The molecule has 2 atom stereocenters. The number of halogens is 3. The van der Waals surface area contributed by atoms with Crippen LogP contribution in [0.15, 0.2) is 17.1 Å². The molecule has 2 unspecified atom stereocenters. The zero-order valence-corrected chi connectivity index (χ0v) is 17.4. The van der Waals surface area contributed by atoms with Gasteiger partial charge in [0.05, 0.1) is 10.9 Å². The number of carbonyl (C=O) groups is 1. The van der Waals surface area contributed by atoms with Crippen LogP contribution in [0.2, 0.25) is 0 Å². The number of carboxylic acid groups (broad SMARTS) is 1. The van der Waals surface area contributed by atoms with Crippen molar-refractivity contribution in [2.75, 3.05) is 31.6 Å². The summed E-state index contributed by atoms with van der Waals surface area (Å²) in [5.41, 5.74) is -1.38. The van der Waals surface area contributed by atoms with Crippen molar-refractivity contribution in [1.82, 2.24) is 9.47 Å². The number of piperidine rings is 1. The highest BCUT2D eigenvalue weighted by molar-refractivity contribution is 5.94. The first kappa shape index (κ1) is 21.1. The molecule has 9 heteroatoms. The smallest absolute Gasteiger partial charge is 0.341 e. The van der Waals surface area contributed by atoms with Crippen molar-refractivity contribution in [1.29, 1.82) is 0 Å². The van der Waals surface area contributed by atoms with E-state index in [9.17, 15) is 14.7 Å². The molecule has 0 amide bonds. The van der Waals surface area contributed by atoms with Gasteiger partial charge in [-0.1, -0.05) is 0 Å².